The summed E-state index contributed by atoms with van der Waals surface area (Å²) in [5.74, 6) is 4.68. The number of carbonyl (C=O) groups is 1. The highest BCUT2D eigenvalue weighted by Gasteiger charge is 2.01. The van der Waals surface area contributed by atoms with Gasteiger partial charge in [-0.15, -0.1) is 0 Å². The fourth-order valence-corrected chi connectivity index (χ4v) is 1.25. The molecule has 0 fully saturated rings. The van der Waals surface area contributed by atoms with Crippen molar-refractivity contribution >= 4 is 22.6 Å². The molecule has 15 heavy (non-hydrogen) atoms. The van der Waals surface area contributed by atoms with E-state index in [-0.39, 0.29) is 0 Å². The van der Waals surface area contributed by atoms with E-state index in [1.54, 1.807) is 18.2 Å². The van der Waals surface area contributed by atoms with E-state index in [0.717, 1.165) is 10.9 Å². The zero-order valence-electron chi connectivity index (χ0n) is 7.74. The van der Waals surface area contributed by atoms with Gasteiger partial charge in [-0.05, 0) is 24.1 Å². The Hall–Kier alpha value is -2.48. The van der Waals surface area contributed by atoms with Crippen molar-refractivity contribution in [1.82, 2.24) is 10.2 Å². The number of aromatic amines is 1. The molecule has 1 aromatic heterocycles. The zero-order chi connectivity index (χ0) is 10.8. The SMILES string of the molecule is NC(=O)C#Cc1ccc2c(N)n[nH]c2c1. The van der Waals surface area contributed by atoms with Gasteiger partial charge in [-0.25, -0.2) is 0 Å². The van der Waals surface area contributed by atoms with Crippen molar-refractivity contribution in [2.75, 3.05) is 5.73 Å². The predicted molar refractivity (Wildman–Crippen MR) is 56.6 cm³/mol. The summed E-state index contributed by atoms with van der Waals surface area (Å²) < 4.78 is 0. The number of primary amides is 1. The lowest BCUT2D eigenvalue weighted by Crippen LogP contribution is -2.06. The summed E-state index contributed by atoms with van der Waals surface area (Å²) >= 11 is 0. The smallest absolute Gasteiger partial charge is 0.293 e. The van der Waals surface area contributed by atoms with Gasteiger partial charge < -0.3 is 11.5 Å². The van der Waals surface area contributed by atoms with Crippen LogP contribution in [-0.2, 0) is 4.79 Å². The summed E-state index contributed by atoms with van der Waals surface area (Å²) in [4.78, 5) is 10.4. The summed E-state index contributed by atoms with van der Waals surface area (Å²) in [6, 6.07) is 5.30. The van der Waals surface area contributed by atoms with Crippen molar-refractivity contribution in [2.45, 2.75) is 0 Å². The topological polar surface area (TPSA) is 97.8 Å². The van der Waals surface area contributed by atoms with Gasteiger partial charge in [0.15, 0.2) is 5.82 Å². The maximum atomic E-state index is 10.4. The third kappa shape index (κ3) is 1.74. The molecular formula is C10H8N4O. The number of rotatable bonds is 0. The number of hydrogen-bond acceptors (Lipinski definition) is 3. The number of hydrogen-bond donors (Lipinski definition) is 3. The number of aromatic nitrogens is 2. The average Bonchev–Trinajstić information content (AvgIpc) is 2.57. The van der Waals surface area contributed by atoms with Crippen LogP contribution in [0.2, 0.25) is 0 Å². The van der Waals surface area contributed by atoms with Crippen molar-refractivity contribution in [3.8, 4) is 11.8 Å². The third-order valence-corrected chi connectivity index (χ3v) is 1.92. The van der Waals surface area contributed by atoms with Crippen LogP contribution in [0.25, 0.3) is 10.9 Å². The molecule has 0 aliphatic carbocycles. The van der Waals surface area contributed by atoms with Gasteiger partial charge in [0.25, 0.3) is 5.91 Å². The molecule has 0 atom stereocenters. The molecule has 2 rings (SSSR count). The third-order valence-electron chi connectivity index (χ3n) is 1.92. The molecule has 5 N–H and O–H groups in total. The van der Waals surface area contributed by atoms with Crippen LogP contribution in [0.3, 0.4) is 0 Å². The van der Waals surface area contributed by atoms with Crippen LogP contribution in [0.5, 0.6) is 0 Å². The molecular weight excluding hydrogens is 192 g/mol. The Labute approximate surface area is 85.4 Å². The average molecular weight is 200 g/mol. The molecule has 5 nitrogen and oxygen atoms in total. The van der Waals surface area contributed by atoms with Crippen LogP contribution in [-0.4, -0.2) is 16.1 Å². The van der Waals surface area contributed by atoms with Crippen molar-refractivity contribution in [2.24, 2.45) is 5.73 Å². The summed E-state index contributed by atoms with van der Waals surface area (Å²) in [7, 11) is 0. The minimum atomic E-state index is -0.653. The summed E-state index contributed by atoms with van der Waals surface area (Å²) in [6.45, 7) is 0. The van der Waals surface area contributed by atoms with Gasteiger partial charge in [-0.2, -0.15) is 5.10 Å². The van der Waals surface area contributed by atoms with Gasteiger partial charge >= 0.3 is 0 Å². The lowest BCUT2D eigenvalue weighted by molar-refractivity contribution is -0.112. The number of fused-ring (bicyclic) bond motifs is 1. The molecule has 1 amide bonds. The fourth-order valence-electron chi connectivity index (χ4n) is 1.25. The van der Waals surface area contributed by atoms with Gasteiger partial charge in [0.05, 0.1) is 5.52 Å². The number of nitrogens with one attached hydrogen (secondary N) is 1. The van der Waals surface area contributed by atoms with Crippen LogP contribution >= 0.6 is 0 Å². The maximum absolute atomic E-state index is 10.4. The van der Waals surface area contributed by atoms with Crippen LogP contribution in [0.15, 0.2) is 18.2 Å². The van der Waals surface area contributed by atoms with Gasteiger partial charge in [0.2, 0.25) is 0 Å². The molecule has 5 heteroatoms. The van der Waals surface area contributed by atoms with Crippen molar-refractivity contribution < 1.29 is 4.79 Å². The number of nitrogen functional groups attached to an aromatic ring is 1. The quantitative estimate of drug-likeness (QED) is 0.521. The van der Waals surface area contributed by atoms with E-state index in [0.29, 0.717) is 11.4 Å². The Morgan fingerprint density at radius 2 is 2.27 bits per heavy atom. The molecule has 0 radical (unpaired) electrons. The van der Waals surface area contributed by atoms with Crippen LogP contribution < -0.4 is 11.5 Å². The minimum absolute atomic E-state index is 0.444. The van der Waals surface area contributed by atoms with E-state index in [1.165, 1.54) is 0 Å². The van der Waals surface area contributed by atoms with E-state index in [2.05, 4.69) is 22.0 Å². The molecule has 0 aliphatic heterocycles. The second kappa shape index (κ2) is 3.35. The number of carbonyl (C=O) groups excluding carboxylic acids is 1. The number of nitrogens with two attached hydrogens (primary N) is 2. The molecule has 0 unspecified atom stereocenters. The van der Waals surface area contributed by atoms with E-state index < -0.39 is 5.91 Å². The van der Waals surface area contributed by atoms with Crippen LogP contribution in [0.1, 0.15) is 5.56 Å². The van der Waals surface area contributed by atoms with E-state index >= 15 is 0 Å². The van der Waals surface area contributed by atoms with Gasteiger partial charge in [-0.1, -0.05) is 5.92 Å². The Morgan fingerprint density at radius 3 is 3.00 bits per heavy atom. The van der Waals surface area contributed by atoms with Gasteiger partial charge in [0, 0.05) is 10.9 Å². The molecule has 74 valence electrons. The number of H-pyrrole nitrogens is 1. The molecule has 2 aromatic rings. The monoisotopic (exact) mass is 200 g/mol. The Bertz CT molecular complexity index is 588. The molecule has 0 bridgehead atoms. The van der Waals surface area contributed by atoms with Crippen LogP contribution in [0.4, 0.5) is 5.82 Å². The van der Waals surface area contributed by atoms with Gasteiger partial charge in [-0.3, -0.25) is 9.89 Å². The zero-order valence-corrected chi connectivity index (χ0v) is 7.74. The minimum Gasteiger partial charge on any atom is -0.382 e. The Kier molecular flexibility index (Phi) is 2.03. The second-order valence-electron chi connectivity index (χ2n) is 2.98. The first kappa shape index (κ1) is 9.09. The van der Waals surface area contributed by atoms with Crippen molar-refractivity contribution in [3.63, 3.8) is 0 Å². The first-order valence-corrected chi connectivity index (χ1v) is 4.22. The van der Waals surface area contributed by atoms with Gasteiger partial charge in [0.1, 0.15) is 0 Å². The van der Waals surface area contributed by atoms with E-state index in [1.807, 2.05) is 0 Å². The lowest BCUT2D eigenvalue weighted by atomic mass is 10.1. The predicted octanol–water partition coefficient (Wildman–Crippen LogP) is -0.0181. The highest BCUT2D eigenvalue weighted by molar-refractivity contribution is 5.93. The molecule has 0 spiro atoms. The normalized spacial score (nSPS) is 9.60. The largest absolute Gasteiger partial charge is 0.382 e. The standard InChI is InChI=1S/C10H8N4O/c11-9(15)4-2-6-1-3-7-8(5-6)13-14-10(7)12/h1,3,5H,(H2,11,15)(H3,12,13,14). The molecule has 0 aliphatic rings. The van der Waals surface area contributed by atoms with E-state index in [4.69, 9.17) is 11.5 Å². The molecule has 0 saturated heterocycles. The maximum Gasteiger partial charge on any atom is 0.293 e. The highest BCUT2D eigenvalue weighted by Crippen LogP contribution is 2.18. The molecule has 1 aromatic carbocycles. The summed E-state index contributed by atoms with van der Waals surface area (Å²) in [5.41, 5.74) is 12.0. The Balaban J connectivity index is 2.49. The molecule has 0 saturated carbocycles. The molecule has 1 heterocycles. The number of amides is 1. The summed E-state index contributed by atoms with van der Waals surface area (Å²) in [5, 5.41) is 7.43. The Morgan fingerprint density at radius 1 is 1.47 bits per heavy atom. The first-order valence-electron chi connectivity index (χ1n) is 4.22. The number of nitrogens with zero attached hydrogens (tertiary/aromatic N) is 1. The number of benzene rings is 1. The fraction of sp³-hybridized carbons (Fsp3) is 0. The van der Waals surface area contributed by atoms with Crippen molar-refractivity contribution in [3.05, 3.63) is 23.8 Å². The lowest BCUT2D eigenvalue weighted by Gasteiger charge is -1.91. The second-order valence-corrected chi connectivity index (χ2v) is 2.98. The van der Waals surface area contributed by atoms with Crippen LogP contribution in [0, 0.1) is 11.8 Å². The van der Waals surface area contributed by atoms with E-state index in [9.17, 15) is 4.79 Å². The first-order chi connectivity index (χ1) is 7.16. The summed E-state index contributed by atoms with van der Waals surface area (Å²) in [6.07, 6.45) is 0. The highest BCUT2D eigenvalue weighted by atomic mass is 16.1. The number of anilines is 1. The van der Waals surface area contributed by atoms with Crippen molar-refractivity contribution in [1.29, 1.82) is 0 Å².